The first-order valence-corrected chi connectivity index (χ1v) is 13.0. The van der Waals surface area contributed by atoms with E-state index >= 15 is 0 Å². The Labute approximate surface area is 221 Å². The lowest BCUT2D eigenvalue weighted by Gasteiger charge is -2.15. The smallest absolute Gasteiger partial charge is 0.341 e. The third-order valence-corrected chi connectivity index (χ3v) is 7.43. The Kier molecular flexibility index (Phi) is 8.98. The monoisotopic (exact) mass is 551 g/mol. The van der Waals surface area contributed by atoms with Crippen LogP contribution in [0.15, 0.2) is 29.4 Å². The Balaban J connectivity index is 1.69. The zero-order chi connectivity index (χ0) is 26.6. The number of halogens is 1. The Bertz CT molecular complexity index is 1290. The second-order valence-corrected chi connectivity index (χ2v) is 10.4. The van der Waals surface area contributed by atoms with Gasteiger partial charge in [0.2, 0.25) is 5.91 Å². The molecule has 3 N–H and O–H groups in total. The molecule has 192 valence electrons. The molecule has 3 aromatic rings. The summed E-state index contributed by atoms with van der Waals surface area (Å²) >= 11 is 8.26. The molecule has 0 aliphatic heterocycles. The van der Waals surface area contributed by atoms with Crippen molar-refractivity contribution in [1.29, 1.82) is 0 Å². The zero-order valence-electron chi connectivity index (χ0n) is 20.3. The molecule has 0 saturated carbocycles. The summed E-state index contributed by atoms with van der Waals surface area (Å²) in [5, 5.41) is 12.2. The number of thiophene rings is 1. The van der Waals surface area contributed by atoms with Crippen LogP contribution in [0, 0.1) is 6.92 Å². The lowest BCUT2D eigenvalue weighted by atomic mass is 10.1. The number of primary amides is 1. The highest BCUT2D eigenvalue weighted by atomic mass is 35.5. The van der Waals surface area contributed by atoms with Gasteiger partial charge in [-0.25, -0.2) is 4.79 Å². The number of carbonyl (C=O) groups is 3. The molecule has 2 aromatic heterocycles. The highest BCUT2D eigenvalue weighted by molar-refractivity contribution is 7.99. The van der Waals surface area contributed by atoms with Crippen LogP contribution in [0.5, 0.6) is 5.75 Å². The number of thioether (sulfide) groups is 1. The molecular weight excluding hydrogens is 526 g/mol. The second-order valence-electron chi connectivity index (χ2n) is 8.01. The van der Waals surface area contributed by atoms with Gasteiger partial charge in [-0.2, -0.15) is 0 Å². The summed E-state index contributed by atoms with van der Waals surface area (Å²) in [7, 11) is 1.77. The summed E-state index contributed by atoms with van der Waals surface area (Å²) in [6.07, 6.45) is -0.816. The molecule has 0 spiro atoms. The number of carbonyl (C=O) groups excluding carboxylic acids is 3. The molecule has 2 heterocycles. The van der Waals surface area contributed by atoms with Crippen LogP contribution in [-0.4, -0.2) is 44.4 Å². The molecule has 0 saturated heterocycles. The average Bonchev–Trinajstić information content (AvgIpc) is 3.32. The van der Waals surface area contributed by atoms with E-state index in [0.717, 1.165) is 23.1 Å². The molecule has 0 radical (unpaired) electrons. The molecule has 0 fully saturated rings. The van der Waals surface area contributed by atoms with E-state index in [1.165, 1.54) is 0 Å². The highest BCUT2D eigenvalue weighted by Gasteiger charge is 2.27. The van der Waals surface area contributed by atoms with E-state index < -0.39 is 23.9 Å². The van der Waals surface area contributed by atoms with E-state index in [2.05, 4.69) is 15.5 Å². The van der Waals surface area contributed by atoms with E-state index in [1.807, 2.05) is 19.1 Å². The third-order valence-electron chi connectivity index (χ3n) is 4.88. The minimum atomic E-state index is -0.689. The number of ether oxygens (including phenoxy) is 2. The Hall–Kier alpha value is -3.09. The van der Waals surface area contributed by atoms with Gasteiger partial charge in [-0.05, 0) is 45.4 Å². The largest absolute Gasteiger partial charge is 0.481 e. The minimum absolute atomic E-state index is 0.0206. The standard InChI is InChI=1S/C23H26ClN5O5S2/c1-11(2)33-22(32)17-12(3)18(19(25)31)36-21(17)26-16(30)10-35-23-28-27-20(29(23)5)13(4)34-15-9-7-6-8-14(15)24/h6-9,11,13H,10H2,1-5H3,(H2,25,31)(H,26,30). The van der Waals surface area contributed by atoms with Crippen molar-refractivity contribution in [2.24, 2.45) is 12.8 Å². The van der Waals surface area contributed by atoms with Crippen molar-refractivity contribution < 1.29 is 23.9 Å². The van der Waals surface area contributed by atoms with Crippen molar-refractivity contribution in [1.82, 2.24) is 14.8 Å². The summed E-state index contributed by atoms with van der Waals surface area (Å²) in [6.45, 7) is 6.82. The Morgan fingerprint density at radius 3 is 2.56 bits per heavy atom. The number of amides is 2. The summed E-state index contributed by atoms with van der Waals surface area (Å²) in [4.78, 5) is 37.3. The number of hydrogen-bond donors (Lipinski definition) is 2. The van der Waals surface area contributed by atoms with E-state index in [-0.39, 0.29) is 27.3 Å². The van der Waals surface area contributed by atoms with Crippen molar-refractivity contribution in [2.75, 3.05) is 11.1 Å². The third kappa shape index (κ3) is 6.37. The second kappa shape index (κ2) is 11.8. The SMILES string of the molecule is Cc1c(C(N)=O)sc(NC(=O)CSc2nnc(C(C)Oc3ccccc3Cl)n2C)c1C(=O)OC(C)C. The minimum Gasteiger partial charge on any atom is -0.481 e. The van der Waals surface area contributed by atoms with Gasteiger partial charge in [0.25, 0.3) is 5.91 Å². The van der Waals surface area contributed by atoms with Crippen molar-refractivity contribution in [3.8, 4) is 5.75 Å². The maximum Gasteiger partial charge on any atom is 0.341 e. The molecule has 0 aliphatic rings. The van der Waals surface area contributed by atoms with Gasteiger partial charge >= 0.3 is 5.97 Å². The number of rotatable bonds is 10. The summed E-state index contributed by atoms with van der Waals surface area (Å²) < 4.78 is 12.9. The van der Waals surface area contributed by atoms with Crippen molar-refractivity contribution in [3.05, 3.63) is 51.1 Å². The fourth-order valence-electron chi connectivity index (χ4n) is 3.24. The summed E-state index contributed by atoms with van der Waals surface area (Å²) in [6, 6.07) is 7.12. The molecule has 36 heavy (non-hydrogen) atoms. The topological polar surface area (TPSA) is 138 Å². The Morgan fingerprint density at radius 2 is 1.92 bits per heavy atom. The van der Waals surface area contributed by atoms with Gasteiger partial charge in [0, 0.05) is 7.05 Å². The molecule has 10 nitrogen and oxygen atoms in total. The highest BCUT2D eigenvalue weighted by Crippen LogP contribution is 2.34. The number of nitrogens with zero attached hydrogens (tertiary/aromatic N) is 3. The molecule has 1 unspecified atom stereocenters. The summed E-state index contributed by atoms with van der Waals surface area (Å²) in [5.41, 5.74) is 5.92. The quantitative estimate of drug-likeness (QED) is 0.280. The van der Waals surface area contributed by atoms with Crippen molar-refractivity contribution in [3.63, 3.8) is 0 Å². The van der Waals surface area contributed by atoms with Crippen LogP contribution < -0.4 is 15.8 Å². The predicted octanol–water partition coefficient (Wildman–Crippen LogP) is 4.37. The first kappa shape index (κ1) is 27.5. The number of anilines is 1. The molecule has 0 aliphatic carbocycles. The fraction of sp³-hybridized carbons (Fsp3) is 0.348. The lowest BCUT2D eigenvalue weighted by Crippen LogP contribution is -2.18. The molecule has 1 aromatic carbocycles. The number of nitrogens with two attached hydrogens (primary N) is 1. The van der Waals surface area contributed by atoms with E-state index in [9.17, 15) is 14.4 Å². The maximum atomic E-state index is 12.7. The number of nitrogens with one attached hydrogen (secondary N) is 1. The predicted molar refractivity (Wildman–Crippen MR) is 139 cm³/mol. The van der Waals surface area contributed by atoms with Crippen LogP contribution in [-0.2, 0) is 16.6 Å². The van der Waals surface area contributed by atoms with E-state index in [1.54, 1.807) is 44.5 Å². The zero-order valence-corrected chi connectivity index (χ0v) is 22.7. The number of hydrogen-bond acceptors (Lipinski definition) is 9. The number of benzene rings is 1. The van der Waals surface area contributed by atoms with Crippen LogP contribution >= 0.6 is 34.7 Å². The average molecular weight is 552 g/mol. The van der Waals surface area contributed by atoms with Gasteiger partial charge in [-0.3, -0.25) is 9.59 Å². The molecule has 3 rings (SSSR count). The first-order chi connectivity index (χ1) is 17.0. The van der Waals surface area contributed by atoms with Crippen LogP contribution in [0.25, 0.3) is 0 Å². The number of para-hydroxylation sites is 1. The Morgan fingerprint density at radius 1 is 1.22 bits per heavy atom. The van der Waals surface area contributed by atoms with E-state index in [4.69, 9.17) is 26.8 Å². The van der Waals surface area contributed by atoms with E-state index in [0.29, 0.717) is 27.3 Å². The first-order valence-electron chi connectivity index (χ1n) is 10.9. The van der Waals surface area contributed by atoms with Gasteiger partial charge in [0.1, 0.15) is 10.8 Å². The molecule has 13 heteroatoms. The van der Waals surface area contributed by atoms with Crippen LogP contribution in [0.3, 0.4) is 0 Å². The van der Waals surface area contributed by atoms with Gasteiger partial charge < -0.3 is 25.1 Å². The van der Waals surface area contributed by atoms with Crippen LogP contribution in [0.1, 0.15) is 58.3 Å². The molecule has 1 atom stereocenters. The van der Waals surface area contributed by atoms with Crippen molar-refractivity contribution >= 4 is 57.5 Å². The fourth-order valence-corrected chi connectivity index (χ4v) is 5.20. The molecular formula is C23H26ClN5O5S2. The molecule has 0 bridgehead atoms. The van der Waals surface area contributed by atoms with Gasteiger partial charge in [-0.1, -0.05) is 35.5 Å². The van der Waals surface area contributed by atoms with Crippen LogP contribution in [0.4, 0.5) is 5.00 Å². The van der Waals surface area contributed by atoms with Crippen LogP contribution in [0.2, 0.25) is 5.02 Å². The van der Waals surface area contributed by atoms with Gasteiger partial charge in [0.15, 0.2) is 17.1 Å². The maximum absolute atomic E-state index is 12.7. The lowest BCUT2D eigenvalue weighted by molar-refractivity contribution is -0.113. The number of aromatic nitrogens is 3. The van der Waals surface area contributed by atoms with Gasteiger partial charge in [0.05, 0.1) is 27.3 Å². The van der Waals surface area contributed by atoms with Gasteiger partial charge in [-0.15, -0.1) is 21.5 Å². The van der Waals surface area contributed by atoms with Crippen molar-refractivity contribution in [2.45, 2.75) is 45.1 Å². The summed E-state index contributed by atoms with van der Waals surface area (Å²) in [5.74, 6) is -0.674. The number of esters is 1. The molecule has 2 amide bonds. The normalized spacial score (nSPS) is 11.9.